The molecule has 2 aromatic rings. The maximum Gasteiger partial charge on any atom is 0.266 e. The van der Waals surface area contributed by atoms with Crippen LogP contribution in [0.3, 0.4) is 0 Å². The molecule has 0 spiro atoms. The van der Waals surface area contributed by atoms with E-state index in [0.29, 0.717) is 47.3 Å². The first kappa shape index (κ1) is 20.2. The Kier molecular flexibility index (Phi) is 6.89. The molecular weight excluding hydrogens is 396 g/mol. The number of hydrogen-bond donors (Lipinski definition) is 2. The van der Waals surface area contributed by atoms with Crippen LogP contribution in [-0.2, 0) is 16.0 Å². The molecular formula is C20H20N2O4S2. The molecule has 1 aromatic heterocycles. The maximum atomic E-state index is 12.5. The van der Waals surface area contributed by atoms with Crippen molar-refractivity contribution in [2.24, 2.45) is 0 Å². The molecule has 0 aliphatic carbocycles. The van der Waals surface area contributed by atoms with Gasteiger partial charge in [-0.1, -0.05) is 36.1 Å². The lowest BCUT2D eigenvalue weighted by Crippen LogP contribution is -2.31. The number of furan rings is 1. The number of phenols is 1. The molecule has 2 N–H and O–H groups in total. The molecule has 6 nitrogen and oxygen atoms in total. The first-order valence-corrected chi connectivity index (χ1v) is 10.1. The third-order valence-electron chi connectivity index (χ3n) is 4.15. The van der Waals surface area contributed by atoms with E-state index in [9.17, 15) is 14.7 Å². The quantitative estimate of drug-likeness (QED) is 0.507. The highest BCUT2D eigenvalue weighted by Gasteiger charge is 2.31. The van der Waals surface area contributed by atoms with Crippen molar-refractivity contribution in [3.05, 3.63) is 58.9 Å². The molecule has 28 heavy (non-hydrogen) atoms. The summed E-state index contributed by atoms with van der Waals surface area (Å²) >= 11 is 6.52. The van der Waals surface area contributed by atoms with Gasteiger partial charge in [0.2, 0.25) is 5.91 Å². The average Bonchev–Trinajstić information content (AvgIpc) is 3.27. The van der Waals surface area contributed by atoms with Crippen LogP contribution >= 0.6 is 24.0 Å². The van der Waals surface area contributed by atoms with Crippen LogP contribution in [0, 0.1) is 0 Å². The highest BCUT2D eigenvalue weighted by atomic mass is 32.2. The van der Waals surface area contributed by atoms with Gasteiger partial charge in [-0.3, -0.25) is 14.5 Å². The van der Waals surface area contributed by atoms with Gasteiger partial charge in [-0.2, -0.15) is 0 Å². The number of aromatic hydroxyl groups is 1. The summed E-state index contributed by atoms with van der Waals surface area (Å²) in [5, 5.41) is 12.1. The molecule has 0 saturated carbocycles. The summed E-state index contributed by atoms with van der Waals surface area (Å²) < 4.78 is 5.73. The molecule has 1 aliphatic heterocycles. The van der Waals surface area contributed by atoms with Gasteiger partial charge in [0, 0.05) is 25.6 Å². The fourth-order valence-electron chi connectivity index (χ4n) is 2.69. The second-order valence-corrected chi connectivity index (χ2v) is 7.89. The summed E-state index contributed by atoms with van der Waals surface area (Å²) in [5.74, 6) is 0.616. The van der Waals surface area contributed by atoms with E-state index in [2.05, 4.69) is 5.32 Å². The third kappa shape index (κ3) is 5.46. The molecule has 146 valence electrons. The number of amides is 2. The molecule has 0 atom stereocenters. The van der Waals surface area contributed by atoms with Gasteiger partial charge in [-0.05, 0) is 42.7 Å². The van der Waals surface area contributed by atoms with Crippen LogP contribution < -0.4 is 5.32 Å². The smallest absolute Gasteiger partial charge is 0.266 e. The number of nitrogens with one attached hydrogen (secondary N) is 1. The van der Waals surface area contributed by atoms with E-state index in [1.807, 2.05) is 12.1 Å². The Morgan fingerprint density at radius 3 is 2.79 bits per heavy atom. The molecule has 1 saturated heterocycles. The number of thioether (sulfide) groups is 1. The minimum atomic E-state index is -0.154. The topological polar surface area (TPSA) is 82.8 Å². The van der Waals surface area contributed by atoms with Crippen molar-refractivity contribution < 1.29 is 19.1 Å². The van der Waals surface area contributed by atoms with Crippen LogP contribution in [0.15, 0.2) is 52.0 Å². The lowest BCUT2D eigenvalue weighted by molar-refractivity contribution is -0.123. The fourth-order valence-corrected chi connectivity index (χ4v) is 3.98. The van der Waals surface area contributed by atoms with Crippen molar-refractivity contribution >= 4 is 46.2 Å². The highest BCUT2D eigenvalue weighted by Crippen LogP contribution is 2.32. The van der Waals surface area contributed by atoms with Crippen LogP contribution in [-0.4, -0.2) is 39.2 Å². The minimum Gasteiger partial charge on any atom is -0.508 e. The molecule has 1 fully saturated rings. The van der Waals surface area contributed by atoms with Crippen molar-refractivity contribution in [1.82, 2.24) is 10.2 Å². The average molecular weight is 417 g/mol. The Morgan fingerprint density at radius 2 is 2.07 bits per heavy atom. The molecule has 0 radical (unpaired) electrons. The molecule has 1 aromatic carbocycles. The van der Waals surface area contributed by atoms with Gasteiger partial charge in [0.1, 0.15) is 15.8 Å². The first-order chi connectivity index (χ1) is 13.5. The number of rotatable bonds is 8. The third-order valence-corrected chi connectivity index (χ3v) is 5.53. The molecule has 1 aliphatic rings. The van der Waals surface area contributed by atoms with E-state index in [4.69, 9.17) is 16.6 Å². The van der Waals surface area contributed by atoms with Crippen LogP contribution in [0.2, 0.25) is 0 Å². The lowest BCUT2D eigenvalue weighted by atomic mass is 10.1. The molecule has 3 rings (SSSR count). The summed E-state index contributed by atoms with van der Waals surface area (Å²) in [4.78, 5) is 26.5. The Bertz CT molecular complexity index is 876. The maximum absolute atomic E-state index is 12.5. The second-order valence-electron chi connectivity index (χ2n) is 6.22. The second kappa shape index (κ2) is 9.57. The summed E-state index contributed by atoms with van der Waals surface area (Å²) in [6, 6.07) is 10.4. The van der Waals surface area contributed by atoms with Crippen molar-refractivity contribution in [2.75, 3.05) is 13.1 Å². The lowest BCUT2D eigenvalue weighted by Gasteiger charge is -2.14. The van der Waals surface area contributed by atoms with E-state index in [-0.39, 0.29) is 17.6 Å². The Hall–Kier alpha value is -2.58. The van der Waals surface area contributed by atoms with Crippen LogP contribution in [0.4, 0.5) is 0 Å². The van der Waals surface area contributed by atoms with Crippen molar-refractivity contribution in [3.8, 4) is 5.75 Å². The number of benzene rings is 1. The van der Waals surface area contributed by atoms with E-state index >= 15 is 0 Å². The largest absolute Gasteiger partial charge is 0.508 e. The van der Waals surface area contributed by atoms with Gasteiger partial charge in [0.15, 0.2) is 0 Å². The minimum absolute atomic E-state index is 0.0599. The zero-order chi connectivity index (χ0) is 19.9. The van der Waals surface area contributed by atoms with Gasteiger partial charge < -0.3 is 14.8 Å². The Morgan fingerprint density at radius 1 is 1.29 bits per heavy atom. The highest BCUT2D eigenvalue weighted by molar-refractivity contribution is 8.26. The van der Waals surface area contributed by atoms with Gasteiger partial charge in [0.05, 0.1) is 11.2 Å². The zero-order valence-electron chi connectivity index (χ0n) is 15.1. The Labute approximate surface area is 172 Å². The SMILES string of the molecule is O=C(CCCN1C(=O)/C(=C\c2ccco2)SC1=S)NCCc1ccc(O)cc1. The van der Waals surface area contributed by atoms with Crippen molar-refractivity contribution in [1.29, 1.82) is 0 Å². The molecule has 8 heteroatoms. The summed E-state index contributed by atoms with van der Waals surface area (Å²) in [7, 11) is 0. The van der Waals surface area contributed by atoms with Gasteiger partial charge in [-0.25, -0.2) is 0 Å². The Balaban J connectivity index is 1.39. The normalized spacial score (nSPS) is 15.4. The molecule has 0 bridgehead atoms. The van der Waals surface area contributed by atoms with Crippen molar-refractivity contribution in [3.63, 3.8) is 0 Å². The van der Waals surface area contributed by atoms with Gasteiger partial charge >= 0.3 is 0 Å². The standard InChI is InChI=1S/C20H20N2O4S2/c23-15-7-5-14(6-8-15)9-10-21-18(24)4-1-11-22-19(25)17(28-20(22)27)13-16-3-2-12-26-16/h2-3,5-8,12-13,23H,1,4,9-11H2,(H,21,24)/b17-13+. The number of phenolic OH excluding ortho intramolecular Hbond substituents is 1. The molecule has 2 amide bonds. The summed E-state index contributed by atoms with van der Waals surface area (Å²) in [5.41, 5.74) is 1.04. The fraction of sp³-hybridized carbons (Fsp3) is 0.250. The predicted octanol–water partition coefficient (Wildman–Crippen LogP) is 3.33. The first-order valence-electron chi connectivity index (χ1n) is 8.86. The zero-order valence-corrected chi connectivity index (χ0v) is 16.7. The number of nitrogens with zero attached hydrogens (tertiary/aromatic N) is 1. The predicted molar refractivity (Wildman–Crippen MR) is 113 cm³/mol. The number of carbonyl (C=O) groups is 2. The van der Waals surface area contributed by atoms with Crippen LogP contribution in [0.1, 0.15) is 24.2 Å². The van der Waals surface area contributed by atoms with E-state index in [1.165, 1.54) is 16.7 Å². The summed E-state index contributed by atoms with van der Waals surface area (Å²) in [6.07, 6.45) is 4.77. The molecule has 2 heterocycles. The number of hydrogen-bond acceptors (Lipinski definition) is 6. The van der Waals surface area contributed by atoms with Gasteiger partial charge in [0.25, 0.3) is 5.91 Å². The number of carbonyl (C=O) groups excluding carboxylic acids is 2. The molecule has 0 unspecified atom stereocenters. The van der Waals surface area contributed by atoms with E-state index in [1.54, 1.807) is 36.6 Å². The van der Waals surface area contributed by atoms with Crippen LogP contribution in [0.5, 0.6) is 5.75 Å². The van der Waals surface area contributed by atoms with E-state index in [0.717, 1.165) is 5.56 Å². The number of thiocarbonyl (C=S) groups is 1. The van der Waals surface area contributed by atoms with Crippen LogP contribution in [0.25, 0.3) is 6.08 Å². The van der Waals surface area contributed by atoms with Gasteiger partial charge in [-0.15, -0.1) is 0 Å². The van der Waals surface area contributed by atoms with Crippen molar-refractivity contribution in [2.45, 2.75) is 19.3 Å². The van der Waals surface area contributed by atoms with E-state index < -0.39 is 0 Å². The monoisotopic (exact) mass is 416 g/mol. The summed E-state index contributed by atoms with van der Waals surface area (Å²) in [6.45, 7) is 0.933.